The van der Waals surface area contributed by atoms with E-state index in [0.717, 1.165) is 42.4 Å². The number of nitrogens with zero attached hydrogens (tertiary/aromatic N) is 2. The van der Waals surface area contributed by atoms with Crippen LogP contribution < -0.4 is 10.2 Å². The van der Waals surface area contributed by atoms with Crippen molar-refractivity contribution in [3.63, 3.8) is 0 Å². The zero-order valence-corrected chi connectivity index (χ0v) is 14.2. The van der Waals surface area contributed by atoms with Gasteiger partial charge in [0, 0.05) is 43.3 Å². The highest BCUT2D eigenvalue weighted by Gasteiger charge is 2.13. The summed E-state index contributed by atoms with van der Waals surface area (Å²) in [5.74, 6) is 3.45. The summed E-state index contributed by atoms with van der Waals surface area (Å²) in [6.07, 6.45) is 6.64. The molecule has 1 atom stereocenters. The van der Waals surface area contributed by atoms with E-state index in [1.807, 2.05) is 50.0 Å². The molecule has 1 amide bonds. The van der Waals surface area contributed by atoms with Crippen LogP contribution in [0.5, 0.6) is 0 Å². The number of aromatic nitrogens is 1. The van der Waals surface area contributed by atoms with Gasteiger partial charge in [0.15, 0.2) is 0 Å². The van der Waals surface area contributed by atoms with Crippen LogP contribution in [0.2, 0.25) is 0 Å². The van der Waals surface area contributed by atoms with Crippen molar-refractivity contribution in [2.75, 3.05) is 29.5 Å². The molecule has 0 bridgehead atoms. The van der Waals surface area contributed by atoms with Crippen molar-refractivity contribution >= 4 is 23.5 Å². The molecule has 1 fully saturated rings. The Morgan fingerprint density at radius 1 is 1.50 bits per heavy atom. The van der Waals surface area contributed by atoms with Gasteiger partial charge in [-0.3, -0.25) is 4.79 Å². The Hall–Kier alpha value is -1.49. The van der Waals surface area contributed by atoms with E-state index in [2.05, 4.69) is 21.3 Å². The van der Waals surface area contributed by atoms with E-state index >= 15 is 0 Å². The molecule has 0 radical (unpaired) electrons. The van der Waals surface area contributed by atoms with E-state index < -0.39 is 0 Å². The van der Waals surface area contributed by atoms with Crippen LogP contribution in [0.15, 0.2) is 30.5 Å². The second-order valence-electron chi connectivity index (χ2n) is 5.55. The van der Waals surface area contributed by atoms with Gasteiger partial charge in [-0.15, -0.1) is 0 Å². The maximum Gasteiger partial charge on any atom is 0.223 e. The fourth-order valence-corrected chi connectivity index (χ4v) is 3.25. The van der Waals surface area contributed by atoms with Crippen molar-refractivity contribution in [1.82, 2.24) is 10.3 Å². The number of pyridine rings is 1. The number of anilines is 1. The molecule has 1 unspecified atom stereocenters. The molecule has 1 saturated heterocycles. The molecule has 1 N–H and O–H groups in total. The molecule has 2 rings (SSSR count). The molecule has 1 aromatic rings. The van der Waals surface area contributed by atoms with Crippen molar-refractivity contribution in [2.24, 2.45) is 5.92 Å². The first-order valence-electron chi connectivity index (χ1n) is 7.87. The zero-order chi connectivity index (χ0) is 15.8. The molecular formula is C17H25N3OS. The summed E-state index contributed by atoms with van der Waals surface area (Å²) in [7, 11) is 0. The highest BCUT2D eigenvalue weighted by molar-refractivity contribution is 7.99. The average Bonchev–Trinajstić information content (AvgIpc) is 2.58. The summed E-state index contributed by atoms with van der Waals surface area (Å²) >= 11 is 1.99. The summed E-state index contributed by atoms with van der Waals surface area (Å²) in [5, 5.41) is 3.01. The normalized spacial score (nSPS) is 16.7. The fraction of sp³-hybridized carbons (Fsp3) is 0.529. The van der Waals surface area contributed by atoms with E-state index in [0.29, 0.717) is 6.54 Å². The van der Waals surface area contributed by atoms with E-state index in [1.54, 1.807) is 0 Å². The minimum absolute atomic E-state index is 0.0108. The molecule has 2 heterocycles. The van der Waals surface area contributed by atoms with Gasteiger partial charge in [-0.1, -0.05) is 19.1 Å². The number of nitrogens with one attached hydrogen (secondary N) is 1. The Kier molecular flexibility index (Phi) is 6.77. The van der Waals surface area contributed by atoms with E-state index in [1.165, 1.54) is 0 Å². The number of hydrogen-bond donors (Lipinski definition) is 1. The molecule has 0 aliphatic carbocycles. The maximum absolute atomic E-state index is 12.0. The Morgan fingerprint density at radius 2 is 2.27 bits per heavy atom. The molecule has 0 spiro atoms. The first-order chi connectivity index (χ1) is 10.7. The highest BCUT2D eigenvalue weighted by atomic mass is 32.2. The van der Waals surface area contributed by atoms with Gasteiger partial charge in [-0.25, -0.2) is 4.98 Å². The number of hydrogen-bond acceptors (Lipinski definition) is 4. The van der Waals surface area contributed by atoms with Gasteiger partial charge in [0.05, 0.1) is 0 Å². The molecule has 120 valence electrons. The molecule has 0 aromatic carbocycles. The van der Waals surface area contributed by atoms with Crippen molar-refractivity contribution in [3.05, 3.63) is 36.0 Å². The number of amides is 1. The van der Waals surface area contributed by atoms with Crippen molar-refractivity contribution in [2.45, 2.75) is 26.8 Å². The maximum atomic E-state index is 12.0. The second-order valence-corrected chi connectivity index (χ2v) is 6.77. The van der Waals surface area contributed by atoms with Gasteiger partial charge in [0.2, 0.25) is 5.91 Å². The third kappa shape index (κ3) is 5.05. The zero-order valence-electron chi connectivity index (χ0n) is 13.4. The van der Waals surface area contributed by atoms with Crippen LogP contribution in [0.3, 0.4) is 0 Å². The van der Waals surface area contributed by atoms with Crippen LogP contribution >= 0.6 is 11.8 Å². The summed E-state index contributed by atoms with van der Waals surface area (Å²) in [6.45, 7) is 6.60. The SMILES string of the molecule is C/C=C/CC(C)C(=O)NCc1ccnc(N2CCSCC2)c1. The van der Waals surface area contributed by atoms with Crippen LogP contribution in [0, 0.1) is 5.92 Å². The number of allylic oxidation sites excluding steroid dienone is 2. The van der Waals surface area contributed by atoms with Crippen LogP contribution in [0.1, 0.15) is 25.8 Å². The first-order valence-corrected chi connectivity index (χ1v) is 9.02. The van der Waals surface area contributed by atoms with Crippen molar-refractivity contribution in [3.8, 4) is 0 Å². The van der Waals surface area contributed by atoms with Gasteiger partial charge >= 0.3 is 0 Å². The van der Waals surface area contributed by atoms with Crippen LogP contribution in [-0.4, -0.2) is 35.5 Å². The lowest BCUT2D eigenvalue weighted by atomic mass is 10.1. The number of carbonyl (C=O) groups is 1. The lowest BCUT2D eigenvalue weighted by Gasteiger charge is -2.27. The molecule has 1 aromatic heterocycles. The Balaban J connectivity index is 1.88. The van der Waals surface area contributed by atoms with Gasteiger partial charge < -0.3 is 10.2 Å². The number of thioether (sulfide) groups is 1. The summed E-state index contributed by atoms with van der Waals surface area (Å²) < 4.78 is 0. The van der Waals surface area contributed by atoms with Gasteiger partial charge in [0.25, 0.3) is 0 Å². The molecule has 1 aliphatic rings. The van der Waals surface area contributed by atoms with E-state index in [4.69, 9.17) is 0 Å². The lowest BCUT2D eigenvalue weighted by molar-refractivity contribution is -0.124. The Morgan fingerprint density at radius 3 is 3.00 bits per heavy atom. The van der Waals surface area contributed by atoms with E-state index in [9.17, 15) is 4.79 Å². The predicted molar refractivity (Wildman–Crippen MR) is 94.2 cm³/mol. The van der Waals surface area contributed by atoms with Crippen LogP contribution in [-0.2, 0) is 11.3 Å². The topological polar surface area (TPSA) is 45.2 Å². The third-order valence-corrected chi connectivity index (χ3v) is 4.73. The van der Waals surface area contributed by atoms with Crippen molar-refractivity contribution in [1.29, 1.82) is 0 Å². The molecule has 1 aliphatic heterocycles. The Labute approximate surface area is 137 Å². The molecule has 5 heteroatoms. The Bertz CT molecular complexity index is 512. The predicted octanol–water partition coefficient (Wildman–Crippen LogP) is 2.85. The van der Waals surface area contributed by atoms with Gasteiger partial charge in [0.1, 0.15) is 5.82 Å². The molecule has 0 saturated carbocycles. The van der Waals surface area contributed by atoms with E-state index in [-0.39, 0.29) is 11.8 Å². The summed E-state index contributed by atoms with van der Waals surface area (Å²) in [6, 6.07) is 4.06. The summed E-state index contributed by atoms with van der Waals surface area (Å²) in [4.78, 5) is 18.8. The third-order valence-electron chi connectivity index (χ3n) is 3.78. The first kappa shape index (κ1) is 16.9. The quantitative estimate of drug-likeness (QED) is 0.819. The fourth-order valence-electron chi connectivity index (χ4n) is 2.35. The second kappa shape index (κ2) is 8.83. The monoisotopic (exact) mass is 319 g/mol. The molecular weight excluding hydrogens is 294 g/mol. The molecule has 4 nitrogen and oxygen atoms in total. The lowest BCUT2D eigenvalue weighted by Crippen LogP contribution is -2.33. The minimum Gasteiger partial charge on any atom is -0.355 e. The molecule has 22 heavy (non-hydrogen) atoms. The minimum atomic E-state index is 0.0108. The number of carbonyl (C=O) groups excluding carboxylic acids is 1. The highest BCUT2D eigenvalue weighted by Crippen LogP contribution is 2.18. The van der Waals surface area contributed by atoms with Crippen molar-refractivity contribution < 1.29 is 4.79 Å². The van der Waals surface area contributed by atoms with Crippen LogP contribution in [0.4, 0.5) is 5.82 Å². The van der Waals surface area contributed by atoms with Gasteiger partial charge in [-0.2, -0.15) is 11.8 Å². The number of rotatable bonds is 6. The summed E-state index contributed by atoms with van der Waals surface area (Å²) in [5.41, 5.74) is 1.11. The standard InChI is InChI=1S/C17H25N3OS/c1-3-4-5-14(2)17(21)19-13-15-6-7-18-16(12-15)20-8-10-22-11-9-20/h3-4,6-7,12,14H,5,8-11,13H2,1-2H3,(H,19,21)/b4-3+. The smallest absolute Gasteiger partial charge is 0.223 e. The van der Waals surface area contributed by atoms with Crippen LogP contribution in [0.25, 0.3) is 0 Å². The largest absolute Gasteiger partial charge is 0.355 e. The average molecular weight is 319 g/mol. The van der Waals surface area contributed by atoms with Gasteiger partial charge in [-0.05, 0) is 31.0 Å².